The molecule has 0 radical (unpaired) electrons. The molecule has 0 heterocycles. The van der Waals surface area contributed by atoms with E-state index in [1.165, 1.54) is 276 Å². The van der Waals surface area contributed by atoms with E-state index in [0.717, 1.165) is 44.9 Å². The van der Waals surface area contributed by atoms with Crippen LogP contribution in [0.5, 0.6) is 0 Å². The first kappa shape index (κ1) is 70.1. The zero-order valence-electron chi connectivity index (χ0n) is 48.4. The summed E-state index contributed by atoms with van der Waals surface area (Å²) in [6.45, 7) is 4.88. The van der Waals surface area contributed by atoms with Crippen LogP contribution in [0, 0.1) is 0 Å². The van der Waals surface area contributed by atoms with Crippen LogP contribution in [-0.4, -0.2) is 47.4 Å². The molecule has 0 aromatic rings. The molecule has 72 heavy (non-hydrogen) atoms. The van der Waals surface area contributed by atoms with Crippen LogP contribution in [0.4, 0.5) is 0 Å². The summed E-state index contributed by atoms with van der Waals surface area (Å²) in [5.41, 5.74) is 0. The zero-order chi connectivity index (χ0) is 52.2. The Morgan fingerprint density at radius 2 is 0.653 bits per heavy atom. The van der Waals surface area contributed by atoms with Gasteiger partial charge in [0.15, 0.2) is 0 Å². The minimum absolute atomic E-state index is 0.00715. The number of ether oxygens (including phenoxy) is 1. The molecule has 6 nitrogen and oxygen atoms in total. The second kappa shape index (κ2) is 61.6. The molecule has 0 spiro atoms. The molecule has 6 heteroatoms. The SMILES string of the molecule is CCCCC/C=C\CCCCCCCC(=O)OCCCCCCCCCCCCCC/C=C\CCCCCCCCCCCCCCCCCC(=O)NC(CO)C(O)/C=C/CCCCCCCCCCCC. The van der Waals surface area contributed by atoms with Gasteiger partial charge in [0.25, 0.3) is 0 Å². The Labute approximate surface area is 449 Å². The summed E-state index contributed by atoms with van der Waals surface area (Å²) in [7, 11) is 0. The minimum Gasteiger partial charge on any atom is -0.466 e. The second-order valence-corrected chi connectivity index (χ2v) is 22.1. The van der Waals surface area contributed by atoms with Crippen molar-refractivity contribution in [1.82, 2.24) is 5.32 Å². The van der Waals surface area contributed by atoms with Gasteiger partial charge >= 0.3 is 5.97 Å². The lowest BCUT2D eigenvalue weighted by Gasteiger charge is -2.20. The molecule has 2 atom stereocenters. The standard InChI is InChI=1S/C66H125NO5/c1-3-5-7-9-11-13-15-38-42-46-50-54-58-64(69)63(62-68)67-65(70)59-55-51-47-43-39-36-34-32-30-28-26-24-22-20-18-17-19-21-23-25-27-29-31-33-35-37-41-45-49-53-57-61-72-66(71)60-56-52-48-44-40-16-14-12-10-8-6-4-2/h12,14,19,21,54,58,63-64,68-69H,3-11,13,15-18,20,22-53,55-57,59-62H2,1-2H3,(H,67,70)/b14-12-,21-19-,58-54+. The second-order valence-electron chi connectivity index (χ2n) is 22.1. The number of aliphatic hydroxyl groups is 2. The molecule has 0 saturated heterocycles. The Bertz CT molecular complexity index is 1170. The Kier molecular flexibility index (Phi) is 60.0. The fraction of sp³-hybridized carbons (Fsp3) is 0.879. The van der Waals surface area contributed by atoms with Crippen LogP contribution in [0.25, 0.3) is 0 Å². The van der Waals surface area contributed by atoms with E-state index in [2.05, 4.69) is 43.5 Å². The largest absolute Gasteiger partial charge is 0.466 e. The van der Waals surface area contributed by atoms with E-state index in [1.807, 2.05) is 6.08 Å². The third-order valence-electron chi connectivity index (χ3n) is 14.9. The summed E-state index contributed by atoms with van der Waals surface area (Å²) in [4.78, 5) is 24.5. The maximum Gasteiger partial charge on any atom is 0.305 e. The lowest BCUT2D eigenvalue weighted by atomic mass is 10.0. The van der Waals surface area contributed by atoms with Crippen molar-refractivity contribution in [3.8, 4) is 0 Å². The summed E-state index contributed by atoms with van der Waals surface area (Å²) < 4.78 is 5.47. The van der Waals surface area contributed by atoms with Gasteiger partial charge in [0, 0.05) is 12.8 Å². The molecule has 3 N–H and O–H groups in total. The summed E-state index contributed by atoms with van der Waals surface area (Å²) in [6, 6.07) is -0.625. The summed E-state index contributed by atoms with van der Waals surface area (Å²) in [6.07, 6.45) is 77.8. The van der Waals surface area contributed by atoms with Gasteiger partial charge in [-0.1, -0.05) is 288 Å². The number of carbonyl (C=O) groups excluding carboxylic acids is 2. The van der Waals surface area contributed by atoms with Crippen molar-refractivity contribution in [3.05, 3.63) is 36.5 Å². The highest BCUT2D eigenvalue weighted by atomic mass is 16.5. The first-order valence-corrected chi connectivity index (χ1v) is 32.3. The van der Waals surface area contributed by atoms with Crippen molar-refractivity contribution in [3.63, 3.8) is 0 Å². The predicted octanol–water partition coefficient (Wildman–Crippen LogP) is 20.4. The number of esters is 1. The molecule has 2 unspecified atom stereocenters. The van der Waals surface area contributed by atoms with Gasteiger partial charge < -0.3 is 20.3 Å². The number of rotatable bonds is 60. The molecule has 1 amide bonds. The average Bonchev–Trinajstić information content (AvgIpc) is 3.38. The van der Waals surface area contributed by atoms with E-state index in [-0.39, 0.29) is 18.5 Å². The molecule has 0 aromatic carbocycles. The van der Waals surface area contributed by atoms with Gasteiger partial charge in [-0.15, -0.1) is 0 Å². The van der Waals surface area contributed by atoms with Crippen molar-refractivity contribution in [2.45, 2.75) is 360 Å². The number of hydrogen-bond donors (Lipinski definition) is 3. The molecule has 0 saturated carbocycles. The Balaban J connectivity index is 3.36. The Morgan fingerprint density at radius 3 is 1.01 bits per heavy atom. The van der Waals surface area contributed by atoms with Crippen molar-refractivity contribution in [1.29, 1.82) is 0 Å². The van der Waals surface area contributed by atoms with Gasteiger partial charge in [-0.3, -0.25) is 9.59 Å². The summed E-state index contributed by atoms with van der Waals surface area (Å²) in [5.74, 6) is -0.0586. The van der Waals surface area contributed by atoms with Crippen LogP contribution in [0.1, 0.15) is 348 Å². The highest BCUT2D eigenvalue weighted by Gasteiger charge is 2.18. The van der Waals surface area contributed by atoms with Gasteiger partial charge in [0.2, 0.25) is 5.91 Å². The van der Waals surface area contributed by atoms with Crippen LogP contribution in [0.15, 0.2) is 36.5 Å². The number of carbonyl (C=O) groups is 2. The lowest BCUT2D eigenvalue weighted by Crippen LogP contribution is -2.45. The number of unbranched alkanes of at least 4 members (excludes halogenated alkanes) is 45. The molecule has 0 aromatic heterocycles. The molecule has 0 bridgehead atoms. The van der Waals surface area contributed by atoms with Crippen LogP contribution >= 0.6 is 0 Å². The number of hydrogen-bond acceptors (Lipinski definition) is 5. The molecule has 424 valence electrons. The predicted molar refractivity (Wildman–Crippen MR) is 315 cm³/mol. The van der Waals surface area contributed by atoms with E-state index in [4.69, 9.17) is 4.74 Å². The first-order valence-electron chi connectivity index (χ1n) is 32.3. The molecule has 0 fully saturated rings. The third-order valence-corrected chi connectivity index (χ3v) is 14.9. The monoisotopic (exact) mass is 1010 g/mol. The average molecular weight is 1010 g/mol. The highest BCUT2D eigenvalue weighted by molar-refractivity contribution is 5.76. The highest BCUT2D eigenvalue weighted by Crippen LogP contribution is 2.17. The van der Waals surface area contributed by atoms with Crippen molar-refractivity contribution >= 4 is 11.9 Å². The van der Waals surface area contributed by atoms with E-state index < -0.39 is 12.1 Å². The smallest absolute Gasteiger partial charge is 0.305 e. The molecule has 0 aliphatic rings. The number of aliphatic hydroxyl groups excluding tert-OH is 2. The van der Waals surface area contributed by atoms with Crippen LogP contribution < -0.4 is 5.32 Å². The lowest BCUT2D eigenvalue weighted by molar-refractivity contribution is -0.143. The summed E-state index contributed by atoms with van der Waals surface area (Å²) in [5, 5.41) is 23.1. The van der Waals surface area contributed by atoms with Gasteiger partial charge in [-0.2, -0.15) is 0 Å². The van der Waals surface area contributed by atoms with E-state index in [9.17, 15) is 19.8 Å². The molecule has 0 aliphatic heterocycles. The Hall–Kier alpha value is -1.92. The molecule has 0 aliphatic carbocycles. The number of nitrogens with one attached hydrogen (secondary N) is 1. The quantitative estimate of drug-likeness (QED) is 0.0320. The summed E-state index contributed by atoms with van der Waals surface area (Å²) >= 11 is 0. The van der Waals surface area contributed by atoms with Gasteiger partial charge in [-0.05, 0) is 83.5 Å². The maximum absolute atomic E-state index is 12.4. The van der Waals surface area contributed by atoms with Crippen LogP contribution in [-0.2, 0) is 14.3 Å². The van der Waals surface area contributed by atoms with Gasteiger partial charge in [0.05, 0.1) is 25.4 Å². The van der Waals surface area contributed by atoms with Crippen LogP contribution in [0.2, 0.25) is 0 Å². The van der Waals surface area contributed by atoms with E-state index in [0.29, 0.717) is 19.4 Å². The van der Waals surface area contributed by atoms with Crippen molar-refractivity contribution in [2.75, 3.05) is 13.2 Å². The first-order chi connectivity index (χ1) is 35.5. The third kappa shape index (κ3) is 57.4. The number of amides is 1. The fourth-order valence-electron chi connectivity index (χ4n) is 9.92. The van der Waals surface area contributed by atoms with E-state index >= 15 is 0 Å². The Morgan fingerprint density at radius 1 is 0.375 bits per heavy atom. The van der Waals surface area contributed by atoms with Gasteiger partial charge in [0.1, 0.15) is 0 Å². The molecular weight excluding hydrogens is 887 g/mol. The minimum atomic E-state index is -0.842. The van der Waals surface area contributed by atoms with Crippen LogP contribution in [0.3, 0.4) is 0 Å². The zero-order valence-corrected chi connectivity index (χ0v) is 48.4. The normalized spacial score (nSPS) is 12.8. The van der Waals surface area contributed by atoms with Crippen molar-refractivity contribution in [2.24, 2.45) is 0 Å². The fourth-order valence-corrected chi connectivity index (χ4v) is 9.92. The van der Waals surface area contributed by atoms with Gasteiger partial charge in [-0.25, -0.2) is 0 Å². The molecular formula is C66H125NO5. The molecule has 0 rings (SSSR count). The maximum atomic E-state index is 12.4. The van der Waals surface area contributed by atoms with Crippen molar-refractivity contribution < 1.29 is 24.5 Å². The van der Waals surface area contributed by atoms with E-state index in [1.54, 1.807) is 6.08 Å². The number of allylic oxidation sites excluding steroid dienone is 5. The topological polar surface area (TPSA) is 95.9 Å².